The van der Waals surface area contributed by atoms with E-state index in [1.807, 2.05) is 26.8 Å². The second-order valence-electron chi connectivity index (χ2n) is 7.07. The van der Waals surface area contributed by atoms with Crippen LogP contribution in [-0.4, -0.2) is 53.4 Å². The highest BCUT2D eigenvalue weighted by Gasteiger charge is 2.23. The van der Waals surface area contributed by atoms with Crippen molar-refractivity contribution in [2.24, 2.45) is 4.99 Å². The molecule has 5 nitrogen and oxygen atoms in total. The molecule has 2 atom stereocenters. The van der Waals surface area contributed by atoms with Crippen molar-refractivity contribution >= 4 is 46.4 Å². The molecule has 1 aromatic rings. The topological polar surface area (TPSA) is 56.7 Å². The van der Waals surface area contributed by atoms with Gasteiger partial charge in [-0.15, -0.1) is 24.0 Å². The summed E-state index contributed by atoms with van der Waals surface area (Å²) >= 11 is 0. The van der Waals surface area contributed by atoms with Crippen LogP contribution in [0.15, 0.2) is 35.3 Å². The van der Waals surface area contributed by atoms with Crippen LogP contribution >= 0.6 is 24.0 Å². The predicted molar refractivity (Wildman–Crippen MR) is 120 cm³/mol. The predicted octanol–water partition coefficient (Wildman–Crippen LogP) is 2.60. The molecule has 0 spiro atoms. The van der Waals surface area contributed by atoms with Crippen LogP contribution in [0.3, 0.4) is 0 Å². The fourth-order valence-electron chi connectivity index (χ4n) is 2.71. The third-order valence-electron chi connectivity index (χ3n) is 4.14. The quantitative estimate of drug-likeness (QED) is 0.388. The Morgan fingerprint density at radius 3 is 2.60 bits per heavy atom. The number of benzene rings is 1. The second-order valence-corrected chi connectivity index (χ2v) is 9.40. The molecule has 1 aliphatic heterocycles. The van der Waals surface area contributed by atoms with Crippen LogP contribution in [0.5, 0.6) is 0 Å². The van der Waals surface area contributed by atoms with Gasteiger partial charge in [-0.05, 0) is 39.3 Å². The molecule has 142 valence electrons. The number of aliphatic imine (C=N–C) groups is 1. The summed E-state index contributed by atoms with van der Waals surface area (Å²) in [6.45, 7) is 8.71. The highest BCUT2D eigenvalue weighted by atomic mass is 127. The molecule has 0 aromatic heterocycles. The fraction of sp³-hybridized carbons (Fsp3) is 0.611. The van der Waals surface area contributed by atoms with E-state index in [4.69, 9.17) is 0 Å². The molecule has 7 heteroatoms. The van der Waals surface area contributed by atoms with Crippen LogP contribution in [0.1, 0.15) is 27.2 Å². The molecule has 0 aliphatic carbocycles. The Labute approximate surface area is 171 Å². The van der Waals surface area contributed by atoms with E-state index < -0.39 is 10.8 Å². The van der Waals surface area contributed by atoms with E-state index in [2.05, 4.69) is 44.8 Å². The van der Waals surface area contributed by atoms with Crippen LogP contribution in [0.2, 0.25) is 0 Å². The van der Waals surface area contributed by atoms with Gasteiger partial charge in [0.15, 0.2) is 5.96 Å². The summed E-state index contributed by atoms with van der Waals surface area (Å²) in [7, 11) is 0.934. The van der Waals surface area contributed by atoms with Crippen molar-refractivity contribution in [3.63, 3.8) is 0 Å². The van der Waals surface area contributed by atoms with Gasteiger partial charge in [0.1, 0.15) is 0 Å². The first kappa shape index (κ1) is 22.2. The number of halogens is 1. The first-order valence-electron chi connectivity index (χ1n) is 8.56. The molecule has 2 N–H and O–H groups in total. The molecule has 0 saturated carbocycles. The molecule has 0 bridgehead atoms. The number of nitrogens with one attached hydrogen (secondary N) is 2. The summed E-state index contributed by atoms with van der Waals surface area (Å²) in [6.07, 6.45) is 1.09. The maximum absolute atomic E-state index is 12.1. The molecule has 25 heavy (non-hydrogen) atoms. The fourth-order valence-corrected chi connectivity index (χ4v) is 3.61. The molecule has 1 aliphatic rings. The minimum atomic E-state index is -0.844. The summed E-state index contributed by atoms with van der Waals surface area (Å²) in [6, 6.07) is 10.9. The minimum absolute atomic E-state index is 0. The first-order chi connectivity index (χ1) is 11.4. The summed E-state index contributed by atoms with van der Waals surface area (Å²) in [5.74, 6) is 1.42. The lowest BCUT2D eigenvalue weighted by Crippen LogP contribution is -2.46. The van der Waals surface area contributed by atoms with Crippen LogP contribution in [0.4, 0.5) is 5.69 Å². The molecule has 0 radical (unpaired) electrons. The lowest BCUT2D eigenvalue weighted by Gasteiger charge is -2.21. The number of guanidine groups is 1. The Morgan fingerprint density at radius 2 is 2.00 bits per heavy atom. The van der Waals surface area contributed by atoms with Crippen molar-refractivity contribution in [3.8, 4) is 0 Å². The SMILES string of the molecule is CN=C(NCCS(=O)C(C)(C)C)NC1CCN(c2ccccc2)C1.I. The van der Waals surface area contributed by atoms with Gasteiger partial charge < -0.3 is 15.5 Å². The van der Waals surface area contributed by atoms with Gasteiger partial charge in [0.2, 0.25) is 0 Å². The van der Waals surface area contributed by atoms with E-state index in [0.717, 1.165) is 25.5 Å². The Hall–Kier alpha value is -0.830. The van der Waals surface area contributed by atoms with Crippen molar-refractivity contribution in [2.75, 3.05) is 37.3 Å². The third kappa shape index (κ3) is 7.13. The highest BCUT2D eigenvalue weighted by molar-refractivity contribution is 14.0. The monoisotopic (exact) mass is 478 g/mol. The normalized spacial score (nSPS) is 19.3. The Kier molecular flexibility index (Phi) is 9.20. The largest absolute Gasteiger partial charge is 0.369 e. The van der Waals surface area contributed by atoms with Gasteiger partial charge in [-0.2, -0.15) is 0 Å². The van der Waals surface area contributed by atoms with Crippen LogP contribution in [-0.2, 0) is 10.8 Å². The van der Waals surface area contributed by atoms with E-state index in [-0.39, 0.29) is 28.7 Å². The minimum Gasteiger partial charge on any atom is -0.369 e. The Morgan fingerprint density at radius 1 is 1.32 bits per heavy atom. The molecular weight excluding hydrogens is 447 g/mol. The van der Waals surface area contributed by atoms with Gasteiger partial charge in [-0.1, -0.05) is 18.2 Å². The molecule has 2 unspecified atom stereocenters. The van der Waals surface area contributed by atoms with E-state index in [1.165, 1.54) is 5.69 Å². The van der Waals surface area contributed by atoms with Crippen LogP contribution in [0.25, 0.3) is 0 Å². The molecule has 0 amide bonds. The maximum Gasteiger partial charge on any atom is 0.191 e. The number of hydrogen-bond donors (Lipinski definition) is 2. The number of para-hydroxylation sites is 1. The average molecular weight is 478 g/mol. The van der Waals surface area contributed by atoms with Crippen molar-refractivity contribution in [2.45, 2.75) is 38.0 Å². The number of anilines is 1. The zero-order valence-corrected chi connectivity index (χ0v) is 18.8. The average Bonchev–Trinajstić information content (AvgIpc) is 3.02. The highest BCUT2D eigenvalue weighted by Crippen LogP contribution is 2.19. The van der Waals surface area contributed by atoms with E-state index in [0.29, 0.717) is 18.3 Å². The zero-order valence-electron chi connectivity index (χ0n) is 15.6. The smallest absolute Gasteiger partial charge is 0.191 e. The summed E-state index contributed by atoms with van der Waals surface area (Å²) in [4.78, 5) is 6.67. The van der Waals surface area contributed by atoms with Crippen LogP contribution in [0, 0.1) is 0 Å². The number of hydrogen-bond acceptors (Lipinski definition) is 3. The number of rotatable bonds is 5. The zero-order chi connectivity index (χ0) is 17.6. The summed E-state index contributed by atoms with van der Waals surface area (Å²) in [5, 5.41) is 6.76. The Bertz CT molecular complexity index is 574. The summed E-state index contributed by atoms with van der Waals surface area (Å²) < 4.78 is 11.9. The van der Waals surface area contributed by atoms with Gasteiger partial charge in [-0.3, -0.25) is 9.20 Å². The van der Waals surface area contributed by atoms with Gasteiger partial charge in [0.25, 0.3) is 0 Å². The van der Waals surface area contributed by atoms with Gasteiger partial charge in [0, 0.05) is 59.7 Å². The third-order valence-corrected chi connectivity index (χ3v) is 6.08. The van der Waals surface area contributed by atoms with E-state index in [1.54, 1.807) is 7.05 Å². The first-order valence-corrected chi connectivity index (χ1v) is 9.87. The molecule has 1 aromatic carbocycles. The van der Waals surface area contributed by atoms with Gasteiger partial charge in [0.05, 0.1) is 0 Å². The van der Waals surface area contributed by atoms with Crippen molar-refractivity contribution in [1.29, 1.82) is 0 Å². The lowest BCUT2D eigenvalue weighted by atomic mass is 10.3. The van der Waals surface area contributed by atoms with E-state index in [9.17, 15) is 4.21 Å². The van der Waals surface area contributed by atoms with Crippen LogP contribution < -0.4 is 15.5 Å². The lowest BCUT2D eigenvalue weighted by molar-refractivity contribution is 0.641. The standard InChI is InChI=1S/C18H30N4OS.HI/c1-18(2,3)24(23)13-11-20-17(19-4)21-15-10-12-22(14-15)16-8-6-5-7-9-16;/h5-9,15H,10-14H2,1-4H3,(H2,19,20,21);1H. The maximum atomic E-state index is 12.1. The second kappa shape index (κ2) is 10.4. The van der Waals surface area contributed by atoms with Crippen molar-refractivity contribution < 1.29 is 4.21 Å². The Balaban J connectivity index is 0.00000312. The van der Waals surface area contributed by atoms with Crippen molar-refractivity contribution in [1.82, 2.24) is 10.6 Å². The molecule has 1 heterocycles. The molecular formula is C18H31IN4OS. The summed E-state index contributed by atoms with van der Waals surface area (Å²) in [5.41, 5.74) is 1.27. The van der Waals surface area contributed by atoms with Gasteiger partial charge in [-0.25, -0.2) is 0 Å². The van der Waals surface area contributed by atoms with E-state index >= 15 is 0 Å². The number of nitrogens with zero attached hydrogens (tertiary/aromatic N) is 2. The van der Waals surface area contributed by atoms with Gasteiger partial charge >= 0.3 is 0 Å². The molecule has 1 saturated heterocycles. The molecule has 1 fully saturated rings. The molecule has 2 rings (SSSR count). The van der Waals surface area contributed by atoms with Crippen molar-refractivity contribution in [3.05, 3.63) is 30.3 Å².